The van der Waals surface area contributed by atoms with E-state index in [9.17, 15) is 0 Å². The van der Waals surface area contributed by atoms with Gasteiger partial charge < -0.3 is 10.2 Å². The maximum atomic E-state index is 3.57. The average Bonchev–Trinajstić information content (AvgIpc) is 2.30. The van der Waals surface area contributed by atoms with Crippen molar-refractivity contribution >= 4 is 21.6 Å². The number of benzene rings is 1. The highest BCUT2D eigenvalue weighted by Gasteiger charge is 2.21. The maximum Gasteiger partial charge on any atom is 0.0412 e. The highest BCUT2D eigenvalue weighted by Crippen LogP contribution is 2.31. The van der Waals surface area contributed by atoms with Crippen molar-refractivity contribution in [2.75, 3.05) is 25.0 Å². The lowest BCUT2D eigenvalue weighted by Gasteiger charge is -2.34. The molecule has 1 fully saturated rings. The van der Waals surface area contributed by atoms with Crippen molar-refractivity contribution in [3.8, 4) is 0 Å². The number of rotatable bonds is 6. The van der Waals surface area contributed by atoms with Crippen LogP contribution in [0.4, 0.5) is 5.69 Å². The molecule has 1 aliphatic carbocycles. The molecule has 0 atom stereocenters. The van der Waals surface area contributed by atoms with Gasteiger partial charge in [0.05, 0.1) is 0 Å². The lowest BCUT2D eigenvalue weighted by Crippen LogP contribution is -2.33. The van der Waals surface area contributed by atoms with Crippen molar-refractivity contribution in [2.45, 2.75) is 32.7 Å². The van der Waals surface area contributed by atoms with Crippen molar-refractivity contribution in [1.29, 1.82) is 0 Å². The number of halogens is 1. The fourth-order valence-electron chi connectivity index (χ4n) is 2.58. The van der Waals surface area contributed by atoms with E-state index in [1.807, 2.05) is 7.05 Å². The van der Waals surface area contributed by atoms with Gasteiger partial charge in [-0.05, 0) is 56.5 Å². The summed E-state index contributed by atoms with van der Waals surface area (Å²) in [5.41, 5.74) is 2.77. The maximum absolute atomic E-state index is 3.57. The molecule has 1 saturated carbocycles. The van der Waals surface area contributed by atoms with Gasteiger partial charge in [0.2, 0.25) is 0 Å². The number of nitrogens with zero attached hydrogens (tertiary/aromatic N) is 1. The molecule has 3 heteroatoms. The molecule has 100 valence electrons. The van der Waals surface area contributed by atoms with Crippen LogP contribution in [0, 0.1) is 5.92 Å². The second-order valence-electron chi connectivity index (χ2n) is 5.14. The molecule has 1 N–H and O–H groups in total. The molecule has 2 rings (SSSR count). The van der Waals surface area contributed by atoms with E-state index < -0.39 is 0 Å². The molecule has 1 aromatic carbocycles. The predicted molar refractivity (Wildman–Crippen MR) is 82.1 cm³/mol. The Morgan fingerprint density at radius 3 is 2.72 bits per heavy atom. The van der Waals surface area contributed by atoms with Crippen LogP contribution in [0.2, 0.25) is 0 Å². The Hall–Kier alpha value is -0.540. The van der Waals surface area contributed by atoms with E-state index in [0.717, 1.165) is 23.5 Å². The second-order valence-corrected chi connectivity index (χ2v) is 6.05. The summed E-state index contributed by atoms with van der Waals surface area (Å²) in [6.07, 6.45) is 4.24. The lowest BCUT2D eigenvalue weighted by molar-refractivity contribution is 0.318. The van der Waals surface area contributed by atoms with Gasteiger partial charge in [0.15, 0.2) is 0 Å². The summed E-state index contributed by atoms with van der Waals surface area (Å²) in [4.78, 5) is 2.53. The molecular formula is C15H23BrN2. The van der Waals surface area contributed by atoms with Crippen LogP contribution in [0.3, 0.4) is 0 Å². The first-order valence-corrected chi connectivity index (χ1v) is 7.72. The zero-order valence-corrected chi connectivity index (χ0v) is 13.0. The third-order valence-electron chi connectivity index (χ3n) is 3.83. The van der Waals surface area contributed by atoms with Gasteiger partial charge >= 0.3 is 0 Å². The standard InChI is InChI=1S/C15H23BrN2/c1-3-18(11-12-5-4-6-12)15-8-7-14(16)9-13(15)10-17-2/h7-9,12,17H,3-6,10-11H2,1-2H3. The molecule has 0 radical (unpaired) electrons. The fraction of sp³-hybridized carbons (Fsp3) is 0.600. The van der Waals surface area contributed by atoms with E-state index in [1.54, 1.807) is 0 Å². The van der Waals surface area contributed by atoms with E-state index in [2.05, 4.69) is 51.3 Å². The molecule has 0 aliphatic heterocycles. The molecule has 0 spiro atoms. The topological polar surface area (TPSA) is 15.3 Å². The molecule has 1 aliphatic rings. The second kappa shape index (κ2) is 6.58. The van der Waals surface area contributed by atoms with Crippen LogP contribution in [0.25, 0.3) is 0 Å². The van der Waals surface area contributed by atoms with Gasteiger partial charge in [0.25, 0.3) is 0 Å². The summed E-state index contributed by atoms with van der Waals surface area (Å²) in [7, 11) is 2.01. The lowest BCUT2D eigenvalue weighted by atomic mass is 9.85. The SMILES string of the molecule is CCN(CC1CCC1)c1ccc(Br)cc1CNC. The summed E-state index contributed by atoms with van der Waals surface area (Å²) in [5.74, 6) is 0.913. The molecule has 2 nitrogen and oxygen atoms in total. The van der Waals surface area contributed by atoms with Crippen molar-refractivity contribution in [1.82, 2.24) is 5.32 Å². The van der Waals surface area contributed by atoms with E-state index >= 15 is 0 Å². The van der Waals surface area contributed by atoms with E-state index in [0.29, 0.717) is 0 Å². The molecule has 18 heavy (non-hydrogen) atoms. The molecule has 0 heterocycles. The summed E-state index contributed by atoms with van der Waals surface area (Å²) in [5, 5.41) is 3.26. The normalized spacial score (nSPS) is 15.5. The van der Waals surface area contributed by atoms with Crippen molar-refractivity contribution in [3.05, 3.63) is 28.2 Å². The highest BCUT2D eigenvalue weighted by molar-refractivity contribution is 9.10. The third kappa shape index (κ3) is 3.27. The predicted octanol–water partition coefficient (Wildman–Crippen LogP) is 3.79. The van der Waals surface area contributed by atoms with Crippen molar-refractivity contribution < 1.29 is 0 Å². The number of hydrogen-bond acceptors (Lipinski definition) is 2. The minimum atomic E-state index is 0.913. The zero-order chi connectivity index (χ0) is 13.0. The number of anilines is 1. The fourth-order valence-corrected chi connectivity index (χ4v) is 2.99. The zero-order valence-electron chi connectivity index (χ0n) is 11.4. The average molecular weight is 311 g/mol. The molecule has 1 aromatic rings. The van der Waals surface area contributed by atoms with Gasteiger partial charge in [-0.1, -0.05) is 22.4 Å². The number of nitrogens with one attached hydrogen (secondary N) is 1. The largest absolute Gasteiger partial charge is 0.371 e. The summed E-state index contributed by atoms with van der Waals surface area (Å²) < 4.78 is 1.16. The van der Waals surface area contributed by atoms with Gasteiger partial charge in [-0.2, -0.15) is 0 Å². The minimum Gasteiger partial charge on any atom is -0.371 e. The quantitative estimate of drug-likeness (QED) is 0.860. The van der Waals surface area contributed by atoms with Gasteiger partial charge in [-0.3, -0.25) is 0 Å². The van der Waals surface area contributed by atoms with Gasteiger partial charge in [0.1, 0.15) is 0 Å². The first kappa shape index (κ1) is 13.9. The van der Waals surface area contributed by atoms with Crippen LogP contribution < -0.4 is 10.2 Å². The summed E-state index contributed by atoms with van der Waals surface area (Å²) in [6, 6.07) is 6.63. The van der Waals surface area contributed by atoms with Crippen LogP contribution in [0.1, 0.15) is 31.7 Å². The minimum absolute atomic E-state index is 0.913. The van der Waals surface area contributed by atoms with Crippen molar-refractivity contribution in [3.63, 3.8) is 0 Å². The molecule has 0 unspecified atom stereocenters. The summed E-state index contributed by atoms with van der Waals surface area (Å²) in [6.45, 7) is 5.49. The molecular weight excluding hydrogens is 288 g/mol. The molecule has 0 bridgehead atoms. The van der Waals surface area contributed by atoms with E-state index in [-0.39, 0.29) is 0 Å². The smallest absolute Gasteiger partial charge is 0.0412 e. The Morgan fingerprint density at radius 2 is 2.17 bits per heavy atom. The van der Waals surface area contributed by atoms with E-state index in [4.69, 9.17) is 0 Å². The Morgan fingerprint density at radius 1 is 1.39 bits per heavy atom. The Balaban J connectivity index is 2.16. The molecule has 0 saturated heterocycles. The van der Waals surface area contributed by atoms with Crippen LogP contribution in [0.15, 0.2) is 22.7 Å². The van der Waals surface area contributed by atoms with Gasteiger partial charge in [-0.15, -0.1) is 0 Å². The monoisotopic (exact) mass is 310 g/mol. The third-order valence-corrected chi connectivity index (χ3v) is 4.33. The highest BCUT2D eigenvalue weighted by atomic mass is 79.9. The van der Waals surface area contributed by atoms with Crippen LogP contribution >= 0.6 is 15.9 Å². The first-order valence-electron chi connectivity index (χ1n) is 6.92. The van der Waals surface area contributed by atoms with Crippen LogP contribution in [-0.4, -0.2) is 20.1 Å². The van der Waals surface area contributed by atoms with E-state index in [1.165, 1.54) is 37.1 Å². The Labute approximate surface area is 119 Å². The van der Waals surface area contributed by atoms with Crippen LogP contribution in [0.5, 0.6) is 0 Å². The van der Waals surface area contributed by atoms with Crippen molar-refractivity contribution in [2.24, 2.45) is 5.92 Å². The van der Waals surface area contributed by atoms with Gasteiger partial charge in [0, 0.05) is 29.8 Å². The number of hydrogen-bond donors (Lipinski definition) is 1. The summed E-state index contributed by atoms with van der Waals surface area (Å²) >= 11 is 3.57. The molecule has 0 aromatic heterocycles. The Bertz CT molecular complexity index is 388. The first-order chi connectivity index (χ1) is 8.74. The molecule has 0 amide bonds. The Kier molecular flexibility index (Phi) is 5.07. The van der Waals surface area contributed by atoms with Gasteiger partial charge in [-0.25, -0.2) is 0 Å². The van der Waals surface area contributed by atoms with Crippen LogP contribution in [-0.2, 0) is 6.54 Å².